The molecule has 100 valence electrons. The fourth-order valence-corrected chi connectivity index (χ4v) is 2.62. The van der Waals surface area contributed by atoms with Gasteiger partial charge in [-0.15, -0.1) is 0 Å². The lowest BCUT2D eigenvalue weighted by atomic mass is 9.97. The monoisotopic (exact) mass is 247 g/mol. The average molecular weight is 247 g/mol. The van der Waals surface area contributed by atoms with Crippen molar-refractivity contribution in [3.63, 3.8) is 0 Å². The Bertz CT molecular complexity index is 383. The summed E-state index contributed by atoms with van der Waals surface area (Å²) in [4.78, 5) is 2.51. The first kappa shape index (κ1) is 13.4. The fraction of sp³-hybridized carbons (Fsp3) is 0.625. The van der Waals surface area contributed by atoms with Crippen molar-refractivity contribution < 1.29 is 4.74 Å². The number of methoxy groups -OCH3 is 1. The van der Waals surface area contributed by atoms with Crippen molar-refractivity contribution in [3.05, 3.63) is 29.3 Å². The SMILES string of the molecule is CCC(C)c1ccc(CN2CCCC2)c(OC)c1. The molecule has 0 spiro atoms. The Kier molecular flexibility index (Phi) is 4.65. The summed E-state index contributed by atoms with van der Waals surface area (Å²) >= 11 is 0. The molecule has 1 unspecified atom stereocenters. The van der Waals surface area contributed by atoms with Crippen LogP contribution in [0.15, 0.2) is 18.2 Å². The van der Waals surface area contributed by atoms with E-state index in [9.17, 15) is 0 Å². The fourth-order valence-electron chi connectivity index (χ4n) is 2.62. The molecule has 0 aromatic heterocycles. The van der Waals surface area contributed by atoms with Gasteiger partial charge in [-0.05, 0) is 49.9 Å². The molecule has 1 aromatic rings. The number of rotatable bonds is 5. The quantitative estimate of drug-likeness (QED) is 0.784. The Morgan fingerprint density at radius 1 is 1.28 bits per heavy atom. The zero-order valence-electron chi connectivity index (χ0n) is 11.9. The highest BCUT2D eigenvalue weighted by Gasteiger charge is 2.15. The molecule has 0 aliphatic carbocycles. The van der Waals surface area contributed by atoms with Crippen molar-refractivity contribution in [2.75, 3.05) is 20.2 Å². The first-order chi connectivity index (χ1) is 8.74. The van der Waals surface area contributed by atoms with E-state index in [2.05, 4.69) is 36.9 Å². The third-order valence-corrected chi connectivity index (χ3v) is 4.09. The van der Waals surface area contributed by atoms with Gasteiger partial charge in [0, 0.05) is 12.1 Å². The van der Waals surface area contributed by atoms with E-state index in [4.69, 9.17) is 4.74 Å². The summed E-state index contributed by atoms with van der Waals surface area (Å²) < 4.78 is 5.56. The summed E-state index contributed by atoms with van der Waals surface area (Å²) in [6.45, 7) is 8.00. The second-order valence-corrected chi connectivity index (χ2v) is 5.36. The highest BCUT2D eigenvalue weighted by atomic mass is 16.5. The molecule has 1 atom stereocenters. The lowest BCUT2D eigenvalue weighted by Gasteiger charge is -2.18. The molecule has 0 saturated carbocycles. The number of benzene rings is 1. The molecular formula is C16H25NO. The molecule has 1 aliphatic rings. The molecule has 1 saturated heterocycles. The smallest absolute Gasteiger partial charge is 0.123 e. The van der Waals surface area contributed by atoms with Gasteiger partial charge >= 0.3 is 0 Å². The van der Waals surface area contributed by atoms with Crippen molar-refractivity contribution in [2.45, 2.75) is 45.6 Å². The molecule has 2 rings (SSSR count). The van der Waals surface area contributed by atoms with Gasteiger partial charge in [-0.2, -0.15) is 0 Å². The Morgan fingerprint density at radius 2 is 2.00 bits per heavy atom. The number of likely N-dealkylation sites (tertiary alicyclic amines) is 1. The molecular weight excluding hydrogens is 222 g/mol. The largest absolute Gasteiger partial charge is 0.496 e. The van der Waals surface area contributed by atoms with Crippen LogP contribution in [0.5, 0.6) is 5.75 Å². The highest BCUT2D eigenvalue weighted by molar-refractivity contribution is 5.38. The van der Waals surface area contributed by atoms with Gasteiger partial charge in [0.25, 0.3) is 0 Å². The Labute approximate surface area is 111 Å². The summed E-state index contributed by atoms with van der Waals surface area (Å²) in [5.41, 5.74) is 2.71. The van der Waals surface area contributed by atoms with E-state index in [1.54, 1.807) is 7.11 Å². The van der Waals surface area contributed by atoms with Gasteiger partial charge in [0.1, 0.15) is 5.75 Å². The Balaban J connectivity index is 2.14. The number of nitrogens with zero attached hydrogens (tertiary/aromatic N) is 1. The molecule has 1 aliphatic heterocycles. The Hall–Kier alpha value is -1.02. The third kappa shape index (κ3) is 3.05. The molecule has 0 radical (unpaired) electrons. The molecule has 18 heavy (non-hydrogen) atoms. The van der Waals surface area contributed by atoms with Gasteiger partial charge in [0.15, 0.2) is 0 Å². The van der Waals surface area contributed by atoms with Crippen molar-refractivity contribution in [1.82, 2.24) is 4.90 Å². The van der Waals surface area contributed by atoms with Gasteiger partial charge in [-0.3, -0.25) is 4.90 Å². The van der Waals surface area contributed by atoms with Crippen LogP contribution in [0.25, 0.3) is 0 Å². The summed E-state index contributed by atoms with van der Waals surface area (Å²) in [6, 6.07) is 6.74. The predicted molar refractivity (Wildman–Crippen MR) is 76.2 cm³/mol. The average Bonchev–Trinajstić information content (AvgIpc) is 2.91. The van der Waals surface area contributed by atoms with E-state index >= 15 is 0 Å². The minimum atomic E-state index is 0.611. The maximum absolute atomic E-state index is 5.56. The van der Waals surface area contributed by atoms with E-state index in [1.165, 1.54) is 43.5 Å². The lowest BCUT2D eigenvalue weighted by molar-refractivity contribution is 0.320. The second kappa shape index (κ2) is 6.24. The van der Waals surface area contributed by atoms with Gasteiger partial charge in [0.2, 0.25) is 0 Å². The van der Waals surface area contributed by atoms with E-state index in [-0.39, 0.29) is 0 Å². The van der Waals surface area contributed by atoms with Gasteiger partial charge in [-0.1, -0.05) is 26.0 Å². The molecule has 2 nitrogen and oxygen atoms in total. The lowest BCUT2D eigenvalue weighted by Crippen LogP contribution is -2.18. The van der Waals surface area contributed by atoms with E-state index in [0.717, 1.165) is 12.3 Å². The summed E-state index contributed by atoms with van der Waals surface area (Å²) in [5.74, 6) is 1.67. The van der Waals surface area contributed by atoms with Crippen LogP contribution in [0.4, 0.5) is 0 Å². The van der Waals surface area contributed by atoms with Crippen LogP contribution >= 0.6 is 0 Å². The van der Waals surface area contributed by atoms with E-state index in [0.29, 0.717) is 5.92 Å². The second-order valence-electron chi connectivity index (χ2n) is 5.36. The standard InChI is InChI=1S/C16H25NO/c1-4-13(2)14-7-8-15(16(11-14)18-3)12-17-9-5-6-10-17/h7-8,11,13H,4-6,9-10,12H2,1-3H3. The van der Waals surface area contributed by atoms with Crippen molar-refractivity contribution in [3.8, 4) is 5.75 Å². The van der Waals surface area contributed by atoms with Crippen LogP contribution in [-0.2, 0) is 6.54 Å². The van der Waals surface area contributed by atoms with Crippen LogP contribution in [0.1, 0.15) is 50.2 Å². The summed E-state index contributed by atoms with van der Waals surface area (Å²) in [6.07, 6.45) is 3.86. The van der Waals surface area contributed by atoms with Crippen molar-refractivity contribution in [1.29, 1.82) is 0 Å². The van der Waals surface area contributed by atoms with Crippen LogP contribution < -0.4 is 4.74 Å². The number of ether oxygens (including phenoxy) is 1. The molecule has 1 heterocycles. The summed E-state index contributed by atoms with van der Waals surface area (Å²) in [5, 5.41) is 0. The zero-order valence-corrected chi connectivity index (χ0v) is 11.9. The van der Waals surface area contributed by atoms with Crippen molar-refractivity contribution >= 4 is 0 Å². The van der Waals surface area contributed by atoms with E-state index in [1.807, 2.05) is 0 Å². The minimum absolute atomic E-state index is 0.611. The normalized spacial score (nSPS) is 17.9. The number of hydrogen-bond donors (Lipinski definition) is 0. The molecule has 0 N–H and O–H groups in total. The van der Waals surface area contributed by atoms with Crippen molar-refractivity contribution in [2.24, 2.45) is 0 Å². The molecule has 1 fully saturated rings. The topological polar surface area (TPSA) is 12.5 Å². The van der Waals surface area contributed by atoms with Gasteiger partial charge in [0.05, 0.1) is 7.11 Å². The molecule has 1 aromatic carbocycles. The van der Waals surface area contributed by atoms with Gasteiger partial charge in [-0.25, -0.2) is 0 Å². The maximum atomic E-state index is 5.56. The predicted octanol–water partition coefficient (Wildman–Crippen LogP) is 3.80. The van der Waals surface area contributed by atoms with Crippen LogP contribution in [0.3, 0.4) is 0 Å². The molecule has 0 bridgehead atoms. The number of hydrogen-bond acceptors (Lipinski definition) is 2. The highest BCUT2D eigenvalue weighted by Crippen LogP contribution is 2.28. The molecule has 2 heteroatoms. The first-order valence-electron chi connectivity index (χ1n) is 7.13. The zero-order chi connectivity index (χ0) is 13.0. The van der Waals surface area contributed by atoms with Crippen LogP contribution in [0, 0.1) is 0 Å². The van der Waals surface area contributed by atoms with Crippen LogP contribution in [-0.4, -0.2) is 25.1 Å². The van der Waals surface area contributed by atoms with Crippen LogP contribution in [0.2, 0.25) is 0 Å². The summed E-state index contributed by atoms with van der Waals surface area (Å²) in [7, 11) is 1.78. The van der Waals surface area contributed by atoms with E-state index < -0.39 is 0 Å². The maximum Gasteiger partial charge on any atom is 0.123 e. The van der Waals surface area contributed by atoms with Gasteiger partial charge < -0.3 is 4.74 Å². The first-order valence-corrected chi connectivity index (χ1v) is 7.13. The third-order valence-electron chi connectivity index (χ3n) is 4.09. The minimum Gasteiger partial charge on any atom is -0.496 e. The molecule has 0 amide bonds. The Morgan fingerprint density at radius 3 is 2.61 bits per heavy atom.